The molecule has 2 nitrogen and oxygen atoms in total. The molecule has 3 heteroatoms. The minimum Gasteiger partial charge on any atom is -0.369 e. The van der Waals surface area contributed by atoms with Gasteiger partial charge in [-0.2, -0.15) is 0 Å². The molecule has 1 spiro atoms. The Hall–Kier alpha value is 0.350. The van der Waals surface area contributed by atoms with Crippen molar-refractivity contribution < 1.29 is 4.74 Å². The number of ether oxygens (including phenoxy) is 1. The Balaban J connectivity index is 1.91. The van der Waals surface area contributed by atoms with E-state index in [0.29, 0.717) is 5.60 Å². The molecule has 0 aromatic carbocycles. The SMILES string of the molecule is PN1CCC2(CC1)CO2. The van der Waals surface area contributed by atoms with E-state index in [1.807, 2.05) is 0 Å². The second kappa shape index (κ2) is 1.91. The fourth-order valence-electron chi connectivity index (χ4n) is 1.32. The van der Waals surface area contributed by atoms with E-state index in [-0.39, 0.29) is 0 Å². The van der Waals surface area contributed by atoms with E-state index >= 15 is 0 Å². The van der Waals surface area contributed by atoms with Gasteiger partial charge in [0.1, 0.15) is 0 Å². The number of epoxide rings is 1. The molecule has 9 heavy (non-hydrogen) atoms. The van der Waals surface area contributed by atoms with E-state index < -0.39 is 0 Å². The van der Waals surface area contributed by atoms with Crippen molar-refractivity contribution in [1.29, 1.82) is 0 Å². The lowest BCUT2D eigenvalue weighted by molar-refractivity contribution is 0.209. The smallest absolute Gasteiger partial charge is 0.0941 e. The second-order valence-electron chi connectivity index (χ2n) is 3.01. The summed E-state index contributed by atoms with van der Waals surface area (Å²) in [5.74, 6) is 0. The van der Waals surface area contributed by atoms with Gasteiger partial charge in [-0.25, -0.2) is 0 Å². The van der Waals surface area contributed by atoms with E-state index in [4.69, 9.17) is 4.74 Å². The van der Waals surface area contributed by atoms with Crippen molar-refractivity contribution in [2.45, 2.75) is 18.4 Å². The monoisotopic (exact) mass is 145 g/mol. The molecule has 2 heterocycles. The highest BCUT2D eigenvalue weighted by atomic mass is 31.0. The number of rotatable bonds is 0. The zero-order valence-corrected chi connectivity index (χ0v) is 6.62. The summed E-state index contributed by atoms with van der Waals surface area (Å²) in [5.41, 5.74) is 0.354. The zero-order chi connectivity index (χ0) is 6.32. The quantitative estimate of drug-likeness (QED) is 0.367. The molecule has 2 aliphatic heterocycles. The summed E-state index contributed by atoms with van der Waals surface area (Å²) < 4.78 is 7.63. The van der Waals surface area contributed by atoms with Crippen LogP contribution in [-0.4, -0.2) is 30.0 Å². The molecule has 0 radical (unpaired) electrons. The highest BCUT2D eigenvalue weighted by molar-refractivity contribution is 7.13. The Labute approximate surface area is 57.8 Å². The Morgan fingerprint density at radius 1 is 1.33 bits per heavy atom. The first kappa shape index (κ1) is 6.09. The maximum Gasteiger partial charge on any atom is 0.0941 e. The summed E-state index contributed by atoms with van der Waals surface area (Å²) in [7, 11) is 2.74. The van der Waals surface area contributed by atoms with Crippen LogP contribution in [0.2, 0.25) is 0 Å². The van der Waals surface area contributed by atoms with Crippen LogP contribution in [0, 0.1) is 0 Å². The predicted octanol–water partition coefficient (Wildman–Crippen LogP) is 0.641. The molecular weight excluding hydrogens is 133 g/mol. The van der Waals surface area contributed by atoms with Crippen LogP contribution in [0.5, 0.6) is 0 Å². The van der Waals surface area contributed by atoms with Gasteiger partial charge in [-0.3, -0.25) is 4.67 Å². The molecule has 0 amide bonds. The van der Waals surface area contributed by atoms with Crippen molar-refractivity contribution in [3.63, 3.8) is 0 Å². The van der Waals surface area contributed by atoms with E-state index in [1.165, 1.54) is 25.9 Å². The van der Waals surface area contributed by atoms with Gasteiger partial charge >= 0.3 is 0 Å². The molecule has 52 valence electrons. The third-order valence-electron chi connectivity index (χ3n) is 2.26. The number of nitrogens with zero attached hydrogens (tertiary/aromatic N) is 1. The predicted molar refractivity (Wildman–Crippen MR) is 39.2 cm³/mol. The van der Waals surface area contributed by atoms with E-state index in [9.17, 15) is 0 Å². The van der Waals surface area contributed by atoms with Crippen molar-refractivity contribution in [3.05, 3.63) is 0 Å². The first-order chi connectivity index (χ1) is 4.31. The molecule has 2 saturated heterocycles. The van der Waals surface area contributed by atoms with Crippen LogP contribution >= 0.6 is 9.39 Å². The molecule has 0 aliphatic carbocycles. The minimum atomic E-state index is 0.354. The van der Waals surface area contributed by atoms with Gasteiger partial charge in [0, 0.05) is 13.1 Å². The zero-order valence-electron chi connectivity index (χ0n) is 5.47. The Morgan fingerprint density at radius 3 is 2.33 bits per heavy atom. The van der Waals surface area contributed by atoms with Crippen LogP contribution in [0.4, 0.5) is 0 Å². The van der Waals surface area contributed by atoms with Gasteiger partial charge in [0.05, 0.1) is 12.2 Å². The molecular formula is C6H12NOP. The maximum atomic E-state index is 5.35. The average molecular weight is 145 g/mol. The Bertz CT molecular complexity index is 114. The topological polar surface area (TPSA) is 15.8 Å². The summed E-state index contributed by atoms with van der Waals surface area (Å²) in [5, 5.41) is 0. The normalized spacial score (nSPS) is 33.0. The molecule has 0 aromatic rings. The molecule has 0 aromatic heterocycles. The molecule has 2 aliphatic rings. The third-order valence-corrected chi connectivity index (χ3v) is 2.78. The second-order valence-corrected chi connectivity index (χ2v) is 3.74. The van der Waals surface area contributed by atoms with E-state index in [0.717, 1.165) is 6.61 Å². The van der Waals surface area contributed by atoms with Crippen LogP contribution in [0.3, 0.4) is 0 Å². The number of hydrogen-bond donors (Lipinski definition) is 0. The fraction of sp³-hybridized carbons (Fsp3) is 1.00. The van der Waals surface area contributed by atoms with Crippen molar-refractivity contribution in [3.8, 4) is 0 Å². The molecule has 0 saturated carbocycles. The molecule has 2 fully saturated rings. The van der Waals surface area contributed by atoms with Gasteiger partial charge in [0.15, 0.2) is 0 Å². The van der Waals surface area contributed by atoms with Crippen LogP contribution < -0.4 is 0 Å². The van der Waals surface area contributed by atoms with Crippen LogP contribution in [-0.2, 0) is 4.74 Å². The molecule has 2 rings (SSSR count). The maximum absolute atomic E-state index is 5.35. The van der Waals surface area contributed by atoms with E-state index in [1.54, 1.807) is 0 Å². The van der Waals surface area contributed by atoms with Gasteiger partial charge in [0.25, 0.3) is 0 Å². The molecule has 1 atom stereocenters. The van der Waals surface area contributed by atoms with Crippen LogP contribution in [0.1, 0.15) is 12.8 Å². The van der Waals surface area contributed by atoms with E-state index in [2.05, 4.69) is 14.1 Å². The summed E-state index contributed by atoms with van der Waals surface area (Å²) in [6.45, 7) is 3.39. The van der Waals surface area contributed by atoms with Gasteiger partial charge in [-0.1, -0.05) is 9.39 Å². The van der Waals surface area contributed by atoms with Crippen LogP contribution in [0.15, 0.2) is 0 Å². The first-order valence-electron chi connectivity index (χ1n) is 3.44. The average Bonchev–Trinajstić information content (AvgIpc) is 2.60. The standard InChI is InChI=1S/C6H12NOP/c9-7-3-1-6(2-4-7)5-8-6/h1-5,9H2. The first-order valence-corrected chi connectivity index (χ1v) is 3.96. The van der Waals surface area contributed by atoms with Crippen molar-refractivity contribution in [1.82, 2.24) is 4.67 Å². The minimum absolute atomic E-state index is 0.354. The van der Waals surface area contributed by atoms with Crippen molar-refractivity contribution >= 4 is 9.39 Å². The number of piperidine rings is 1. The largest absolute Gasteiger partial charge is 0.369 e. The van der Waals surface area contributed by atoms with Gasteiger partial charge < -0.3 is 4.74 Å². The van der Waals surface area contributed by atoms with Crippen molar-refractivity contribution in [2.24, 2.45) is 0 Å². The molecule has 0 N–H and O–H groups in total. The lowest BCUT2D eigenvalue weighted by Crippen LogP contribution is -2.31. The fourth-order valence-corrected chi connectivity index (χ4v) is 1.58. The highest BCUT2D eigenvalue weighted by Gasteiger charge is 2.45. The lowest BCUT2D eigenvalue weighted by Gasteiger charge is -2.25. The summed E-state index contributed by atoms with van der Waals surface area (Å²) in [6.07, 6.45) is 2.47. The molecule has 1 unspecified atom stereocenters. The van der Waals surface area contributed by atoms with Gasteiger partial charge in [-0.15, -0.1) is 0 Å². The van der Waals surface area contributed by atoms with Crippen LogP contribution in [0.25, 0.3) is 0 Å². The lowest BCUT2D eigenvalue weighted by atomic mass is 10.00. The molecule has 0 bridgehead atoms. The Morgan fingerprint density at radius 2 is 1.89 bits per heavy atom. The Kier molecular flexibility index (Phi) is 1.29. The van der Waals surface area contributed by atoms with Gasteiger partial charge in [-0.05, 0) is 12.8 Å². The number of hydrogen-bond acceptors (Lipinski definition) is 2. The van der Waals surface area contributed by atoms with Crippen molar-refractivity contribution in [2.75, 3.05) is 19.7 Å². The third kappa shape index (κ3) is 1.12. The van der Waals surface area contributed by atoms with Gasteiger partial charge in [0.2, 0.25) is 0 Å². The highest BCUT2D eigenvalue weighted by Crippen LogP contribution is 2.38. The summed E-state index contributed by atoms with van der Waals surface area (Å²) in [4.78, 5) is 0. The summed E-state index contributed by atoms with van der Waals surface area (Å²) in [6, 6.07) is 0. The summed E-state index contributed by atoms with van der Waals surface area (Å²) >= 11 is 0.